The van der Waals surface area contributed by atoms with Gasteiger partial charge in [-0.15, -0.1) is 0 Å². The summed E-state index contributed by atoms with van der Waals surface area (Å²) in [6, 6.07) is 5.30. The Bertz CT molecular complexity index is 605. The number of fused-ring (bicyclic) bond motifs is 1. The first-order valence-corrected chi connectivity index (χ1v) is 8.19. The van der Waals surface area contributed by atoms with E-state index in [1.165, 1.54) is 0 Å². The predicted molar refractivity (Wildman–Crippen MR) is 86.7 cm³/mol. The molecule has 0 unspecified atom stereocenters. The van der Waals surface area contributed by atoms with Crippen LogP contribution in [0.15, 0.2) is 22.6 Å². The molecule has 1 aromatic rings. The van der Waals surface area contributed by atoms with Crippen molar-refractivity contribution < 1.29 is 18.8 Å². The first-order valence-electron chi connectivity index (χ1n) is 7.09. The van der Waals surface area contributed by atoms with Gasteiger partial charge in [0.1, 0.15) is 27.4 Å². The van der Waals surface area contributed by atoms with Crippen molar-refractivity contribution in [3.05, 3.63) is 29.3 Å². The fourth-order valence-electron chi connectivity index (χ4n) is 1.93. The minimum atomic E-state index is -1.30. The van der Waals surface area contributed by atoms with Crippen molar-refractivity contribution in [2.75, 3.05) is 0 Å². The Morgan fingerprint density at radius 3 is 2.64 bits per heavy atom. The van der Waals surface area contributed by atoms with Crippen LogP contribution >= 0.6 is 0 Å². The zero-order valence-corrected chi connectivity index (χ0v) is 14.3. The largest absolute Gasteiger partial charge is 0.591 e. The number of ether oxygens (including phenoxy) is 2. The van der Waals surface area contributed by atoms with Crippen LogP contribution in [0.5, 0.6) is 5.75 Å². The van der Waals surface area contributed by atoms with Crippen molar-refractivity contribution in [2.45, 2.75) is 51.6 Å². The van der Waals surface area contributed by atoms with Crippen molar-refractivity contribution in [1.82, 2.24) is 0 Å². The Morgan fingerprint density at radius 2 is 2.00 bits per heavy atom. The summed E-state index contributed by atoms with van der Waals surface area (Å²) < 4.78 is 26.5. The summed E-state index contributed by atoms with van der Waals surface area (Å²) in [6.45, 7) is 8.98. The standard InChI is InChI=1S/C16H21NO4S/c1-15(2,3)22(19)17-10-9-11-7-6-8-12-13(11)20-16(4,5)21-14(12)18/h6-8,10H,9H2,1-5H3/b17-10+/t22-/m1/s1. The molecule has 1 aliphatic rings. The number of hydrogen-bond donors (Lipinski definition) is 0. The van der Waals surface area contributed by atoms with E-state index in [4.69, 9.17) is 9.47 Å². The maximum atomic E-state index is 12.0. The van der Waals surface area contributed by atoms with Gasteiger partial charge in [0.05, 0.1) is 6.21 Å². The number of nitrogens with zero attached hydrogens (tertiary/aromatic N) is 1. The van der Waals surface area contributed by atoms with E-state index >= 15 is 0 Å². The van der Waals surface area contributed by atoms with Crippen LogP contribution in [0.4, 0.5) is 0 Å². The van der Waals surface area contributed by atoms with E-state index in [0.29, 0.717) is 17.7 Å². The van der Waals surface area contributed by atoms with Crippen molar-refractivity contribution in [3.63, 3.8) is 0 Å². The highest BCUT2D eigenvalue weighted by Gasteiger charge is 2.35. The number of benzene rings is 1. The molecule has 0 N–H and O–H groups in total. The van der Waals surface area contributed by atoms with Gasteiger partial charge in [-0.3, -0.25) is 0 Å². The van der Waals surface area contributed by atoms with Gasteiger partial charge >= 0.3 is 5.97 Å². The molecule has 0 saturated heterocycles. The van der Waals surface area contributed by atoms with Gasteiger partial charge in [0, 0.05) is 25.8 Å². The summed E-state index contributed by atoms with van der Waals surface area (Å²) in [5.74, 6) is -0.883. The summed E-state index contributed by atoms with van der Waals surface area (Å²) in [4.78, 5) is 12.0. The van der Waals surface area contributed by atoms with Gasteiger partial charge < -0.3 is 14.0 Å². The molecule has 0 bridgehead atoms. The molecule has 120 valence electrons. The van der Waals surface area contributed by atoms with Gasteiger partial charge in [-0.05, 0) is 26.8 Å². The van der Waals surface area contributed by atoms with Crippen LogP contribution in [0.3, 0.4) is 0 Å². The Hall–Kier alpha value is -1.53. The van der Waals surface area contributed by atoms with Crippen LogP contribution in [0, 0.1) is 0 Å². The normalized spacial score (nSPS) is 18.5. The molecule has 0 saturated carbocycles. The maximum absolute atomic E-state index is 12.0. The van der Waals surface area contributed by atoms with Crippen LogP contribution < -0.4 is 4.74 Å². The van der Waals surface area contributed by atoms with Crippen LogP contribution in [0.25, 0.3) is 0 Å². The number of esters is 1. The lowest BCUT2D eigenvalue weighted by Crippen LogP contribution is -2.39. The van der Waals surface area contributed by atoms with E-state index in [2.05, 4.69) is 4.40 Å². The number of hydrogen-bond acceptors (Lipinski definition) is 5. The summed E-state index contributed by atoms with van der Waals surface area (Å²) >= 11 is -1.30. The highest BCUT2D eigenvalue weighted by atomic mass is 32.2. The minimum absolute atomic E-state index is 0.394. The van der Waals surface area contributed by atoms with E-state index < -0.39 is 27.9 Å². The molecule has 0 aliphatic carbocycles. The number of rotatable bonds is 3. The third-order valence-electron chi connectivity index (χ3n) is 3.01. The van der Waals surface area contributed by atoms with Crippen molar-refractivity contribution >= 4 is 23.5 Å². The minimum Gasteiger partial charge on any atom is -0.591 e. The maximum Gasteiger partial charge on any atom is 0.345 e. The lowest BCUT2D eigenvalue weighted by atomic mass is 10.0. The van der Waals surface area contributed by atoms with E-state index in [-0.39, 0.29) is 0 Å². The van der Waals surface area contributed by atoms with E-state index in [1.807, 2.05) is 26.8 Å². The first-order chi connectivity index (χ1) is 10.1. The van der Waals surface area contributed by atoms with Crippen molar-refractivity contribution in [2.24, 2.45) is 4.40 Å². The van der Waals surface area contributed by atoms with Gasteiger partial charge in [-0.1, -0.05) is 16.5 Å². The second-order valence-electron chi connectivity index (χ2n) is 6.54. The molecule has 6 heteroatoms. The summed E-state index contributed by atoms with van der Waals surface area (Å²) in [5.41, 5.74) is 1.22. The molecule has 0 fully saturated rings. The van der Waals surface area contributed by atoms with Crippen molar-refractivity contribution in [1.29, 1.82) is 0 Å². The molecular formula is C16H21NO4S. The molecule has 0 radical (unpaired) electrons. The van der Waals surface area contributed by atoms with E-state index in [1.54, 1.807) is 32.2 Å². The monoisotopic (exact) mass is 323 g/mol. The fourth-order valence-corrected chi connectivity index (χ4v) is 2.46. The first kappa shape index (κ1) is 16.8. The molecule has 5 nitrogen and oxygen atoms in total. The van der Waals surface area contributed by atoms with Crippen molar-refractivity contribution in [3.8, 4) is 5.75 Å². The third kappa shape index (κ3) is 3.81. The zero-order chi connectivity index (χ0) is 16.5. The van der Waals surface area contributed by atoms with Crippen LogP contribution in [0.1, 0.15) is 50.5 Å². The fraction of sp³-hybridized carbons (Fsp3) is 0.500. The Labute approximate surface area is 134 Å². The second-order valence-corrected chi connectivity index (χ2v) is 8.47. The van der Waals surface area contributed by atoms with Crippen LogP contribution in [0.2, 0.25) is 0 Å². The molecule has 0 spiro atoms. The molecule has 1 atom stereocenters. The summed E-state index contributed by atoms with van der Waals surface area (Å²) in [6.07, 6.45) is 2.04. The Morgan fingerprint density at radius 1 is 1.32 bits per heavy atom. The summed E-state index contributed by atoms with van der Waals surface area (Å²) in [7, 11) is 0. The molecule has 0 amide bonds. The molecule has 0 aromatic heterocycles. The van der Waals surface area contributed by atoms with Crippen LogP contribution in [-0.2, 0) is 22.5 Å². The average Bonchev–Trinajstić information content (AvgIpc) is 2.37. The second kappa shape index (κ2) is 5.93. The van der Waals surface area contributed by atoms with Gasteiger partial charge in [-0.25, -0.2) is 4.79 Å². The number of carbonyl (C=O) groups is 1. The molecular weight excluding hydrogens is 302 g/mol. The van der Waals surface area contributed by atoms with E-state index in [9.17, 15) is 9.35 Å². The smallest absolute Gasteiger partial charge is 0.345 e. The Balaban J connectivity index is 2.22. The van der Waals surface area contributed by atoms with Gasteiger partial charge in [-0.2, -0.15) is 0 Å². The quantitative estimate of drug-likeness (QED) is 0.487. The predicted octanol–water partition coefficient (Wildman–Crippen LogP) is 3.05. The molecule has 22 heavy (non-hydrogen) atoms. The Kier molecular flexibility index (Phi) is 4.54. The van der Waals surface area contributed by atoms with Gasteiger partial charge in [0.25, 0.3) is 0 Å². The number of carbonyl (C=O) groups excluding carboxylic acids is 1. The van der Waals surface area contributed by atoms with Gasteiger partial charge in [0.15, 0.2) is 0 Å². The third-order valence-corrected chi connectivity index (χ3v) is 4.40. The zero-order valence-electron chi connectivity index (χ0n) is 13.5. The van der Waals surface area contributed by atoms with Gasteiger partial charge in [0.2, 0.25) is 5.79 Å². The van der Waals surface area contributed by atoms with E-state index in [0.717, 1.165) is 5.56 Å². The molecule has 2 rings (SSSR count). The lowest BCUT2D eigenvalue weighted by molar-refractivity contribution is -0.127. The molecule has 1 heterocycles. The summed E-state index contributed by atoms with van der Waals surface area (Å²) in [5, 5.41) is 0. The highest BCUT2D eigenvalue weighted by molar-refractivity contribution is 7.91. The topological polar surface area (TPSA) is 71.0 Å². The van der Waals surface area contributed by atoms with Crippen LogP contribution in [-0.4, -0.2) is 27.3 Å². The number of para-hydroxylation sites is 1. The average molecular weight is 323 g/mol. The molecule has 1 aromatic carbocycles. The highest BCUT2D eigenvalue weighted by Crippen LogP contribution is 2.34. The lowest BCUT2D eigenvalue weighted by Gasteiger charge is -2.32. The molecule has 1 aliphatic heterocycles. The SMILES string of the molecule is CC1(C)OC(=O)c2cccc(C/C=N/[S@+]([O-])C(C)(C)C)c2O1. The number of cyclic esters (lactones) is 1.